The van der Waals surface area contributed by atoms with Crippen LogP contribution in [0.3, 0.4) is 0 Å². The van der Waals surface area contributed by atoms with Gasteiger partial charge in [0.05, 0.1) is 0 Å². The number of Topliss-reactive ketones (excluding diaryl/α,β-unsaturated/α-hetero) is 1. The number of ketones is 1. The molecular formula is C15H21NO2. The van der Waals surface area contributed by atoms with Gasteiger partial charge in [-0.25, -0.2) is 0 Å². The number of likely N-dealkylation sites (N-methyl/N-ethyl adjacent to an activating group) is 1. The molecule has 0 aliphatic heterocycles. The third-order valence-corrected chi connectivity index (χ3v) is 3.32. The van der Waals surface area contributed by atoms with Gasteiger partial charge in [-0.3, -0.25) is 9.59 Å². The molecule has 0 unspecified atom stereocenters. The van der Waals surface area contributed by atoms with Gasteiger partial charge in [0.15, 0.2) is 0 Å². The SMILES string of the molecule is CC(=O)C(=O)N(C)CCc1cc(C)c(C)cc1C. The highest BCUT2D eigenvalue weighted by Gasteiger charge is 2.13. The van der Waals surface area contributed by atoms with E-state index in [0.29, 0.717) is 6.54 Å². The number of hydrogen-bond acceptors (Lipinski definition) is 2. The van der Waals surface area contributed by atoms with Gasteiger partial charge in [0.25, 0.3) is 5.91 Å². The summed E-state index contributed by atoms with van der Waals surface area (Å²) >= 11 is 0. The number of nitrogens with zero attached hydrogens (tertiary/aromatic N) is 1. The first-order chi connectivity index (χ1) is 8.32. The number of carbonyl (C=O) groups is 2. The summed E-state index contributed by atoms with van der Waals surface area (Å²) in [5.74, 6) is -0.828. The Bertz CT molecular complexity index is 478. The van der Waals surface area contributed by atoms with E-state index >= 15 is 0 Å². The highest BCUT2D eigenvalue weighted by Crippen LogP contribution is 2.16. The molecule has 0 heterocycles. The van der Waals surface area contributed by atoms with E-state index in [4.69, 9.17) is 0 Å². The minimum Gasteiger partial charge on any atom is -0.339 e. The lowest BCUT2D eigenvalue weighted by Gasteiger charge is -2.17. The van der Waals surface area contributed by atoms with Crippen LogP contribution in [0.15, 0.2) is 12.1 Å². The molecule has 0 radical (unpaired) electrons. The molecular weight excluding hydrogens is 226 g/mol. The Morgan fingerprint density at radius 2 is 1.61 bits per heavy atom. The number of rotatable bonds is 4. The van der Waals surface area contributed by atoms with E-state index in [1.54, 1.807) is 7.05 Å². The summed E-state index contributed by atoms with van der Waals surface area (Å²) in [6, 6.07) is 4.33. The zero-order chi connectivity index (χ0) is 13.9. The molecule has 0 atom stereocenters. The van der Waals surface area contributed by atoms with Crippen molar-refractivity contribution < 1.29 is 9.59 Å². The summed E-state index contributed by atoms with van der Waals surface area (Å²) in [6.07, 6.45) is 0.780. The first kappa shape index (κ1) is 14.4. The first-order valence-corrected chi connectivity index (χ1v) is 6.15. The van der Waals surface area contributed by atoms with Crippen LogP contribution >= 0.6 is 0 Å². The number of carbonyl (C=O) groups excluding carboxylic acids is 2. The average Bonchev–Trinajstić information content (AvgIpc) is 2.30. The zero-order valence-electron chi connectivity index (χ0n) is 11.8. The largest absolute Gasteiger partial charge is 0.339 e. The average molecular weight is 247 g/mol. The fourth-order valence-corrected chi connectivity index (χ4v) is 1.95. The second kappa shape index (κ2) is 5.80. The second-order valence-electron chi connectivity index (χ2n) is 4.90. The number of hydrogen-bond donors (Lipinski definition) is 0. The third kappa shape index (κ3) is 3.42. The van der Waals surface area contributed by atoms with Gasteiger partial charge in [-0.05, 0) is 49.4 Å². The van der Waals surface area contributed by atoms with Crippen molar-refractivity contribution in [2.24, 2.45) is 0 Å². The van der Waals surface area contributed by atoms with Gasteiger partial charge >= 0.3 is 0 Å². The summed E-state index contributed by atoms with van der Waals surface area (Å²) in [6.45, 7) is 8.14. The van der Waals surface area contributed by atoms with E-state index in [9.17, 15) is 9.59 Å². The molecule has 0 aromatic heterocycles. The molecule has 0 aliphatic rings. The smallest absolute Gasteiger partial charge is 0.289 e. The van der Waals surface area contributed by atoms with Crippen molar-refractivity contribution in [1.82, 2.24) is 4.90 Å². The van der Waals surface area contributed by atoms with Gasteiger partial charge in [0.1, 0.15) is 0 Å². The van der Waals surface area contributed by atoms with Crippen LogP contribution in [-0.4, -0.2) is 30.2 Å². The van der Waals surface area contributed by atoms with Crippen molar-refractivity contribution in [2.75, 3.05) is 13.6 Å². The normalized spacial score (nSPS) is 10.3. The van der Waals surface area contributed by atoms with E-state index in [1.165, 1.54) is 34.1 Å². The molecule has 1 rings (SSSR count). The van der Waals surface area contributed by atoms with Crippen molar-refractivity contribution in [3.8, 4) is 0 Å². The van der Waals surface area contributed by atoms with Crippen LogP contribution in [0.25, 0.3) is 0 Å². The van der Waals surface area contributed by atoms with E-state index in [-0.39, 0.29) is 0 Å². The maximum atomic E-state index is 11.4. The maximum absolute atomic E-state index is 11.4. The van der Waals surface area contributed by atoms with Crippen LogP contribution in [0.5, 0.6) is 0 Å². The number of amides is 1. The highest BCUT2D eigenvalue weighted by molar-refractivity contribution is 6.34. The van der Waals surface area contributed by atoms with E-state index in [0.717, 1.165) is 6.42 Å². The standard InChI is InChI=1S/C15H21NO2/c1-10-8-12(3)14(9-11(10)2)6-7-16(5)15(18)13(4)17/h8-9H,6-7H2,1-5H3. The quantitative estimate of drug-likeness (QED) is 0.765. The predicted molar refractivity (Wildman–Crippen MR) is 72.7 cm³/mol. The summed E-state index contributed by atoms with van der Waals surface area (Å²) in [5.41, 5.74) is 5.02. The summed E-state index contributed by atoms with van der Waals surface area (Å²) in [4.78, 5) is 23.9. The van der Waals surface area contributed by atoms with Crippen LogP contribution in [0.2, 0.25) is 0 Å². The lowest BCUT2D eigenvalue weighted by atomic mass is 9.99. The Kier molecular flexibility index (Phi) is 4.65. The van der Waals surface area contributed by atoms with Crippen molar-refractivity contribution >= 4 is 11.7 Å². The van der Waals surface area contributed by atoms with Crippen LogP contribution in [0, 0.1) is 20.8 Å². The Morgan fingerprint density at radius 3 is 2.17 bits per heavy atom. The van der Waals surface area contributed by atoms with E-state index < -0.39 is 11.7 Å². The van der Waals surface area contributed by atoms with Crippen LogP contribution in [0.4, 0.5) is 0 Å². The monoisotopic (exact) mass is 247 g/mol. The predicted octanol–water partition coefficient (Wildman–Crippen LogP) is 2.20. The first-order valence-electron chi connectivity index (χ1n) is 6.15. The molecule has 1 amide bonds. The molecule has 0 N–H and O–H groups in total. The number of benzene rings is 1. The van der Waals surface area contributed by atoms with Gasteiger partial charge < -0.3 is 4.90 Å². The topological polar surface area (TPSA) is 37.4 Å². The Labute approximate surface area is 109 Å². The lowest BCUT2D eigenvalue weighted by molar-refractivity contribution is -0.142. The Morgan fingerprint density at radius 1 is 1.06 bits per heavy atom. The van der Waals surface area contributed by atoms with Crippen LogP contribution < -0.4 is 0 Å². The molecule has 0 saturated heterocycles. The van der Waals surface area contributed by atoms with Crippen LogP contribution in [-0.2, 0) is 16.0 Å². The number of aryl methyl sites for hydroxylation is 3. The van der Waals surface area contributed by atoms with Gasteiger partial charge in [-0.15, -0.1) is 0 Å². The molecule has 3 nitrogen and oxygen atoms in total. The van der Waals surface area contributed by atoms with Gasteiger partial charge in [0.2, 0.25) is 5.78 Å². The minimum atomic E-state index is -0.420. The Hall–Kier alpha value is -1.64. The Balaban J connectivity index is 2.72. The molecule has 0 spiro atoms. The fraction of sp³-hybridized carbons (Fsp3) is 0.467. The van der Waals surface area contributed by atoms with Gasteiger partial charge in [0, 0.05) is 20.5 Å². The van der Waals surface area contributed by atoms with Crippen molar-refractivity contribution in [3.63, 3.8) is 0 Å². The summed E-state index contributed by atoms with van der Waals surface area (Å²) in [5, 5.41) is 0. The van der Waals surface area contributed by atoms with Crippen molar-refractivity contribution in [1.29, 1.82) is 0 Å². The molecule has 0 aliphatic carbocycles. The summed E-state index contributed by atoms with van der Waals surface area (Å²) < 4.78 is 0. The maximum Gasteiger partial charge on any atom is 0.289 e. The minimum absolute atomic E-state index is 0.408. The lowest BCUT2D eigenvalue weighted by Crippen LogP contribution is -2.33. The zero-order valence-corrected chi connectivity index (χ0v) is 11.8. The second-order valence-corrected chi connectivity index (χ2v) is 4.90. The molecule has 0 saturated carbocycles. The molecule has 0 bridgehead atoms. The molecule has 1 aromatic rings. The van der Waals surface area contributed by atoms with E-state index in [1.807, 2.05) is 0 Å². The molecule has 0 fully saturated rings. The van der Waals surface area contributed by atoms with Gasteiger partial charge in [-0.1, -0.05) is 12.1 Å². The fourth-order valence-electron chi connectivity index (χ4n) is 1.95. The molecule has 98 valence electrons. The van der Waals surface area contributed by atoms with Gasteiger partial charge in [-0.2, -0.15) is 0 Å². The van der Waals surface area contributed by atoms with Crippen molar-refractivity contribution in [3.05, 3.63) is 34.4 Å². The molecule has 3 heteroatoms. The van der Waals surface area contributed by atoms with Crippen molar-refractivity contribution in [2.45, 2.75) is 34.1 Å². The molecule has 1 aromatic carbocycles. The molecule has 18 heavy (non-hydrogen) atoms. The summed E-state index contributed by atoms with van der Waals surface area (Å²) in [7, 11) is 1.67. The highest BCUT2D eigenvalue weighted by atomic mass is 16.2. The van der Waals surface area contributed by atoms with E-state index in [2.05, 4.69) is 32.9 Å². The van der Waals surface area contributed by atoms with Crippen LogP contribution in [0.1, 0.15) is 29.2 Å². The third-order valence-electron chi connectivity index (χ3n) is 3.32.